The summed E-state index contributed by atoms with van der Waals surface area (Å²) in [6.07, 6.45) is 1.71. The molecule has 1 aromatic carbocycles. The van der Waals surface area contributed by atoms with Crippen LogP contribution in [0.5, 0.6) is 0 Å². The molecule has 0 aliphatic rings. The van der Waals surface area contributed by atoms with Crippen LogP contribution >= 0.6 is 0 Å². The number of anilines is 2. The van der Waals surface area contributed by atoms with E-state index >= 15 is 0 Å². The Kier molecular flexibility index (Phi) is 5.10. The predicted octanol–water partition coefficient (Wildman–Crippen LogP) is 3.05. The zero-order valence-corrected chi connectivity index (χ0v) is 12.7. The number of aromatic nitrogens is 1. The fourth-order valence-corrected chi connectivity index (χ4v) is 2.12. The van der Waals surface area contributed by atoms with Gasteiger partial charge < -0.3 is 10.2 Å². The van der Waals surface area contributed by atoms with Crippen molar-refractivity contribution < 1.29 is 4.79 Å². The second-order valence-electron chi connectivity index (χ2n) is 4.72. The highest BCUT2D eigenvalue weighted by Gasteiger charge is 2.09. The quantitative estimate of drug-likeness (QED) is 0.920. The van der Waals surface area contributed by atoms with Gasteiger partial charge >= 0.3 is 0 Å². The van der Waals surface area contributed by atoms with Crippen molar-refractivity contribution in [2.24, 2.45) is 0 Å². The lowest BCUT2D eigenvalue weighted by Crippen LogP contribution is -2.22. The number of nitriles is 1. The average molecular weight is 294 g/mol. The van der Waals surface area contributed by atoms with E-state index in [0.29, 0.717) is 16.9 Å². The topological polar surface area (TPSA) is 69.0 Å². The number of nitrogens with zero attached hydrogens (tertiary/aromatic N) is 3. The summed E-state index contributed by atoms with van der Waals surface area (Å²) in [5.74, 6) is -0.268. The summed E-state index contributed by atoms with van der Waals surface area (Å²) in [7, 11) is 0. The molecule has 0 saturated carbocycles. The fourth-order valence-electron chi connectivity index (χ4n) is 2.12. The van der Waals surface area contributed by atoms with Gasteiger partial charge in [0.1, 0.15) is 5.69 Å². The van der Waals surface area contributed by atoms with Crippen molar-refractivity contribution in [3.8, 4) is 6.07 Å². The van der Waals surface area contributed by atoms with Crippen molar-refractivity contribution in [2.75, 3.05) is 23.3 Å². The van der Waals surface area contributed by atoms with Gasteiger partial charge in [-0.1, -0.05) is 0 Å². The summed E-state index contributed by atoms with van der Waals surface area (Å²) in [5.41, 5.74) is 2.55. The third kappa shape index (κ3) is 3.61. The average Bonchev–Trinajstić information content (AvgIpc) is 2.57. The number of benzene rings is 1. The van der Waals surface area contributed by atoms with Crippen molar-refractivity contribution in [3.63, 3.8) is 0 Å². The van der Waals surface area contributed by atoms with Gasteiger partial charge in [0.05, 0.1) is 23.5 Å². The van der Waals surface area contributed by atoms with Gasteiger partial charge in [-0.2, -0.15) is 5.26 Å². The highest BCUT2D eigenvalue weighted by atomic mass is 16.1. The number of amides is 1. The van der Waals surface area contributed by atoms with Gasteiger partial charge in [0.15, 0.2) is 0 Å². The van der Waals surface area contributed by atoms with Crippen molar-refractivity contribution in [1.29, 1.82) is 5.26 Å². The molecule has 1 amide bonds. The number of carbonyl (C=O) groups is 1. The second kappa shape index (κ2) is 7.23. The maximum absolute atomic E-state index is 12.1. The maximum atomic E-state index is 12.1. The molecule has 0 spiro atoms. The summed E-state index contributed by atoms with van der Waals surface area (Å²) < 4.78 is 0. The Balaban J connectivity index is 2.07. The van der Waals surface area contributed by atoms with Crippen LogP contribution in [0.25, 0.3) is 0 Å². The van der Waals surface area contributed by atoms with Crippen molar-refractivity contribution in [2.45, 2.75) is 13.8 Å². The van der Waals surface area contributed by atoms with E-state index in [1.807, 2.05) is 12.1 Å². The molecule has 5 nitrogen and oxygen atoms in total. The molecular formula is C17H18N4O. The maximum Gasteiger partial charge on any atom is 0.274 e. The van der Waals surface area contributed by atoms with Crippen LogP contribution in [-0.2, 0) is 0 Å². The first-order valence-corrected chi connectivity index (χ1v) is 7.20. The van der Waals surface area contributed by atoms with Crippen molar-refractivity contribution in [3.05, 3.63) is 53.9 Å². The molecule has 0 aliphatic carbocycles. The molecule has 5 heteroatoms. The number of pyridine rings is 1. The summed E-state index contributed by atoms with van der Waals surface area (Å²) in [4.78, 5) is 18.5. The van der Waals surface area contributed by atoms with E-state index in [0.717, 1.165) is 18.8 Å². The first kappa shape index (κ1) is 15.5. The van der Waals surface area contributed by atoms with Crippen LogP contribution in [0.15, 0.2) is 42.6 Å². The zero-order chi connectivity index (χ0) is 15.9. The molecule has 1 heterocycles. The molecule has 2 aromatic rings. The molecule has 0 atom stereocenters. The van der Waals surface area contributed by atoms with Crippen LogP contribution in [0.1, 0.15) is 29.9 Å². The van der Waals surface area contributed by atoms with E-state index in [9.17, 15) is 4.79 Å². The standard InChI is InChI=1S/C17H18N4O/c1-3-21(4-2)15-9-10-16(19-12-15)17(22)20-14-7-5-13(11-18)6-8-14/h5-10,12H,3-4H2,1-2H3,(H,20,22). The molecule has 2 rings (SSSR count). The summed E-state index contributed by atoms with van der Waals surface area (Å²) in [5, 5.41) is 11.5. The molecule has 1 aromatic heterocycles. The number of hydrogen-bond donors (Lipinski definition) is 1. The molecule has 0 fully saturated rings. The van der Waals surface area contributed by atoms with Crippen LogP contribution in [0.2, 0.25) is 0 Å². The summed E-state index contributed by atoms with van der Waals surface area (Å²) in [6.45, 7) is 5.95. The Morgan fingerprint density at radius 2 is 1.86 bits per heavy atom. The first-order chi connectivity index (χ1) is 10.7. The lowest BCUT2D eigenvalue weighted by Gasteiger charge is -2.20. The van der Waals surface area contributed by atoms with Gasteiger partial charge in [0, 0.05) is 18.8 Å². The highest BCUT2D eigenvalue weighted by molar-refractivity contribution is 6.02. The lowest BCUT2D eigenvalue weighted by molar-refractivity contribution is 0.102. The summed E-state index contributed by atoms with van der Waals surface area (Å²) >= 11 is 0. The Morgan fingerprint density at radius 3 is 2.36 bits per heavy atom. The van der Waals surface area contributed by atoms with Crippen LogP contribution in [0.3, 0.4) is 0 Å². The zero-order valence-electron chi connectivity index (χ0n) is 12.7. The molecule has 22 heavy (non-hydrogen) atoms. The molecule has 112 valence electrons. The number of rotatable bonds is 5. The number of hydrogen-bond acceptors (Lipinski definition) is 4. The fraction of sp³-hybridized carbons (Fsp3) is 0.235. The lowest BCUT2D eigenvalue weighted by atomic mass is 10.2. The molecule has 0 radical (unpaired) electrons. The molecule has 1 N–H and O–H groups in total. The molecule has 0 aliphatic heterocycles. The second-order valence-corrected chi connectivity index (χ2v) is 4.72. The number of nitrogens with one attached hydrogen (secondary N) is 1. The molecule has 0 bridgehead atoms. The van der Waals surface area contributed by atoms with Crippen LogP contribution in [-0.4, -0.2) is 24.0 Å². The van der Waals surface area contributed by atoms with E-state index in [-0.39, 0.29) is 5.91 Å². The van der Waals surface area contributed by atoms with E-state index in [2.05, 4.69) is 29.0 Å². The smallest absolute Gasteiger partial charge is 0.274 e. The SMILES string of the molecule is CCN(CC)c1ccc(C(=O)Nc2ccc(C#N)cc2)nc1. The largest absolute Gasteiger partial charge is 0.371 e. The Bertz CT molecular complexity index is 667. The van der Waals surface area contributed by atoms with Gasteiger partial charge in [-0.15, -0.1) is 0 Å². The third-order valence-corrected chi connectivity index (χ3v) is 3.38. The Labute approximate surface area is 130 Å². The van der Waals surface area contributed by atoms with Gasteiger partial charge in [-0.25, -0.2) is 4.98 Å². The van der Waals surface area contributed by atoms with Crippen molar-refractivity contribution in [1.82, 2.24) is 4.98 Å². The minimum Gasteiger partial charge on any atom is -0.371 e. The van der Waals surface area contributed by atoms with Gasteiger partial charge in [-0.05, 0) is 50.2 Å². The molecule has 0 unspecified atom stereocenters. The van der Waals surface area contributed by atoms with E-state index in [4.69, 9.17) is 5.26 Å². The van der Waals surface area contributed by atoms with Gasteiger partial charge in [0.2, 0.25) is 0 Å². The normalized spacial score (nSPS) is 9.86. The van der Waals surface area contributed by atoms with Crippen LogP contribution < -0.4 is 10.2 Å². The van der Waals surface area contributed by atoms with Gasteiger partial charge in [0.25, 0.3) is 5.91 Å². The minimum absolute atomic E-state index is 0.268. The predicted molar refractivity (Wildman–Crippen MR) is 86.9 cm³/mol. The van der Waals surface area contributed by atoms with E-state index in [1.165, 1.54) is 0 Å². The van der Waals surface area contributed by atoms with E-state index in [1.54, 1.807) is 36.5 Å². The van der Waals surface area contributed by atoms with Crippen LogP contribution in [0, 0.1) is 11.3 Å². The van der Waals surface area contributed by atoms with Gasteiger partial charge in [-0.3, -0.25) is 4.79 Å². The van der Waals surface area contributed by atoms with Crippen molar-refractivity contribution >= 4 is 17.3 Å². The molecule has 0 saturated heterocycles. The minimum atomic E-state index is -0.268. The first-order valence-electron chi connectivity index (χ1n) is 7.20. The number of carbonyl (C=O) groups excluding carboxylic acids is 1. The Morgan fingerprint density at radius 1 is 1.18 bits per heavy atom. The third-order valence-electron chi connectivity index (χ3n) is 3.38. The van der Waals surface area contributed by atoms with Crippen LogP contribution in [0.4, 0.5) is 11.4 Å². The monoisotopic (exact) mass is 294 g/mol. The van der Waals surface area contributed by atoms with E-state index < -0.39 is 0 Å². The summed E-state index contributed by atoms with van der Waals surface area (Å²) in [6, 6.07) is 12.4. The Hall–Kier alpha value is -2.87. The molecular weight excluding hydrogens is 276 g/mol. The highest BCUT2D eigenvalue weighted by Crippen LogP contribution is 2.14.